The van der Waals surface area contributed by atoms with Crippen molar-refractivity contribution in [1.29, 1.82) is 0 Å². The normalized spacial score (nSPS) is 5.20. The first-order valence-electron chi connectivity index (χ1n) is 6.27. The molecule has 0 radical (unpaired) electrons. The lowest BCUT2D eigenvalue weighted by atomic mass is 10.3. The number of hydrogen-bond acceptors (Lipinski definition) is 0. The zero-order valence-corrected chi connectivity index (χ0v) is 13.1. The Morgan fingerprint density at radius 1 is 0.933 bits per heavy atom. The van der Waals surface area contributed by atoms with Crippen LogP contribution in [0.2, 0.25) is 0 Å². The Balaban J connectivity index is -0.0000000296. The van der Waals surface area contributed by atoms with Crippen molar-refractivity contribution in [2.75, 3.05) is 0 Å². The topological polar surface area (TPSA) is 0 Å². The molecule has 0 unspecified atom stereocenters. The van der Waals surface area contributed by atoms with Crippen molar-refractivity contribution in [3.05, 3.63) is 24.3 Å². The number of allylic oxidation sites excluding steroid dienone is 3. The maximum atomic E-state index is 3.36. The molecule has 0 atom stereocenters. The number of hydrogen-bond donors (Lipinski definition) is 0. The van der Waals surface area contributed by atoms with E-state index in [0.717, 1.165) is 0 Å². The van der Waals surface area contributed by atoms with Crippen molar-refractivity contribution in [1.82, 2.24) is 0 Å². The molecule has 0 rings (SSSR count). The number of rotatable bonds is 0. The average molecular weight is 216 g/mol. The third-order valence-corrected chi connectivity index (χ3v) is 0.577. The zero-order valence-electron chi connectivity index (χ0n) is 13.1. The van der Waals surface area contributed by atoms with Gasteiger partial charge in [-0.05, 0) is 27.7 Å². The summed E-state index contributed by atoms with van der Waals surface area (Å²) in [6.45, 7) is 23.7. The largest absolute Gasteiger partial charge is 0.103 e. The van der Waals surface area contributed by atoms with Crippen molar-refractivity contribution in [2.45, 2.75) is 75.7 Å². The molecular weight excluding hydrogens is 180 g/mol. The summed E-state index contributed by atoms with van der Waals surface area (Å²) >= 11 is 0. The molecule has 0 heteroatoms. The molecule has 0 aromatic heterocycles. The highest BCUT2D eigenvalue weighted by molar-refractivity contribution is 4.88. The maximum Gasteiger partial charge on any atom is -0.0442 e. The Labute approximate surface area is 100 Å². The van der Waals surface area contributed by atoms with Gasteiger partial charge in [-0.3, -0.25) is 0 Å². The van der Waals surface area contributed by atoms with Gasteiger partial charge in [-0.2, -0.15) is 0 Å². The standard InChI is InChI=1S/C5H10.C3H8.C3H6.2C2H6/c1-4-5(2)3;2*1-3-2;2*1-2/h4H,1-3H3;3H2,1-2H3;3H,1H2,2H3;2*1-2H3. The van der Waals surface area contributed by atoms with E-state index in [2.05, 4.69) is 40.3 Å². The van der Waals surface area contributed by atoms with Gasteiger partial charge in [0.1, 0.15) is 0 Å². The van der Waals surface area contributed by atoms with Crippen LogP contribution in [0.5, 0.6) is 0 Å². The summed E-state index contributed by atoms with van der Waals surface area (Å²) in [7, 11) is 0. The van der Waals surface area contributed by atoms with Crippen molar-refractivity contribution in [3.63, 3.8) is 0 Å². The molecule has 0 aliphatic carbocycles. The fourth-order valence-electron chi connectivity index (χ4n) is 0. The second kappa shape index (κ2) is 69.9. The van der Waals surface area contributed by atoms with Crippen LogP contribution >= 0.6 is 0 Å². The van der Waals surface area contributed by atoms with E-state index in [-0.39, 0.29) is 0 Å². The molecule has 0 aliphatic rings. The zero-order chi connectivity index (χ0) is 13.7. The highest BCUT2D eigenvalue weighted by atomic mass is 13.7. The van der Waals surface area contributed by atoms with Gasteiger partial charge in [0.15, 0.2) is 0 Å². The minimum atomic E-state index is 1.25. The van der Waals surface area contributed by atoms with Crippen molar-refractivity contribution in [2.24, 2.45) is 0 Å². The van der Waals surface area contributed by atoms with Crippen molar-refractivity contribution >= 4 is 0 Å². The molecule has 0 fully saturated rings. The molecule has 96 valence electrons. The Kier molecular flexibility index (Phi) is 136. The third kappa shape index (κ3) is 811. The molecule has 15 heavy (non-hydrogen) atoms. The lowest BCUT2D eigenvalue weighted by Gasteiger charge is -1.74. The van der Waals surface area contributed by atoms with E-state index in [0.29, 0.717) is 0 Å². The average Bonchev–Trinajstić information content (AvgIpc) is 2.26. The van der Waals surface area contributed by atoms with Gasteiger partial charge >= 0.3 is 0 Å². The SMILES string of the molecule is C=CC.CC.CC.CC=C(C)C.CCC. The molecular formula is C15H36. The summed E-state index contributed by atoms with van der Waals surface area (Å²) in [6.07, 6.45) is 5.08. The van der Waals surface area contributed by atoms with Crippen LogP contribution < -0.4 is 0 Å². The van der Waals surface area contributed by atoms with Gasteiger partial charge in [-0.15, -0.1) is 6.58 Å². The van der Waals surface area contributed by atoms with Crippen molar-refractivity contribution in [3.8, 4) is 0 Å². The lowest BCUT2D eigenvalue weighted by molar-refractivity contribution is 1.09. The molecule has 0 N–H and O–H groups in total. The maximum absolute atomic E-state index is 3.36. The van der Waals surface area contributed by atoms with Crippen LogP contribution in [0.1, 0.15) is 75.7 Å². The van der Waals surface area contributed by atoms with Gasteiger partial charge in [-0.1, -0.05) is 65.7 Å². The smallest absolute Gasteiger partial charge is 0.0442 e. The van der Waals surface area contributed by atoms with Crippen LogP contribution in [0.3, 0.4) is 0 Å². The third-order valence-electron chi connectivity index (χ3n) is 0.577. The molecule has 0 amide bonds. The summed E-state index contributed by atoms with van der Waals surface area (Å²) in [5.74, 6) is 0. The van der Waals surface area contributed by atoms with Crippen molar-refractivity contribution < 1.29 is 0 Å². The fourth-order valence-corrected chi connectivity index (χ4v) is 0. The van der Waals surface area contributed by atoms with Crippen LogP contribution in [0, 0.1) is 0 Å². The molecule has 0 aromatic carbocycles. The highest BCUT2D eigenvalue weighted by Crippen LogP contribution is 1.82. The van der Waals surface area contributed by atoms with E-state index in [9.17, 15) is 0 Å². The van der Waals surface area contributed by atoms with Gasteiger partial charge in [0.2, 0.25) is 0 Å². The summed E-state index contributed by atoms with van der Waals surface area (Å²) in [6, 6.07) is 0. The van der Waals surface area contributed by atoms with E-state index < -0.39 is 0 Å². The first-order chi connectivity index (χ1) is 7.10. The van der Waals surface area contributed by atoms with Crippen LogP contribution in [-0.2, 0) is 0 Å². The van der Waals surface area contributed by atoms with Gasteiger partial charge < -0.3 is 0 Å². The Hall–Kier alpha value is -0.520. The summed E-state index contributed by atoms with van der Waals surface area (Å²) in [5, 5.41) is 0. The van der Waals surface area contributed by atoms with Crippen LogP contribution in [-0.4, -0.2) is 0 Å². The van der Waals surface area contributed by atoms with E-state index in [4.69, 9.17) is 0 Å². The monoisotopic (exact) mass is 216 g/mol. The predicted molar refractivity (Wildman–Crippen MR) is 79.6 cm³/mol. The molecule has 0 aromatic rings. The van der Waals surface area contributed by atoms with Crippen LogP contribution in [0.15, 0.2) is 24.3 Å². The molecule has 0 saturated heterocycles. The summed E-state index contributed by atoms with van der Waals surface area (Å²) < 4.78 is 0. The fraction of sp³-hybridized carbons (Fsp3) is 0.733. The molecule has 0 saturated carbocycles. The van der Waals surface area contributed by atoms with E-state index in [1.54, 1.807) is 6.08 Å². The molecule has 0 aliphatic heterocycles. The van der Waals surface area contributed by atoms with Crippen LogP contribution in [0.4, 0.5) is 0 Å². The van der Waals surface area contributed by atoms with E-state index >= 15 is 0 Å². The molecule has 0 heterocycles. The van der Waals surface area contributed by atoms with E-state index in [1.807, 2.05) is 41.5 Å². The Morgan fingerprint density at radius 2 is 1.00 bits per heavy atom. The lowest BCUT2D eigenvalue weighted by Crippen LogP contribution is -1.52. The second-order valence-electron chi connectivity index (χ2n) is 2.48. The highest BCUT2D eigenvalue weighted by Gasteiger charge is 1.60. The molecule has 0 nitrogen and oxygen atoms in total. The first kappa shape index (κ1) is 29.3. The van der Waals surface area contributed by atoms with Crippen LogP contribution in [0.25, 0.3) is 0 Å². The Morgan fingerprint density at radius 3 is 1.00 bits per heavy atom. The molecule has 0 spiro atoms. The first-order valence-corrected chi connectivity index (χ1v) is 6.27. The predicted octanol–water partition coefficient (Wildman–Crippen LogP) is 6.63. The van der Waals surface area contributed by atoms with Gasteiger partial charge in [0.05, 0.1) is 0 Å². The minimum absolute atomic E-state index is 1.25. The summed E-state index contributed by atoms with van der Waals surface area (Å²) in [4.78, 5) is 0. The van der Waals surface area contributed by atoms with Gasteiger partial charge in [0, 0.05) is 0 Å². The minimum Gasteiger partial charge on any atom is -0.103 e. The quantitative estimate of drug-likeness (QED) is 0.398. The second-order valence-corrected chi connectivity index (χ2v) is 2.48. The Bertz CT molecular complexity index is 74.0. The summed E-state index contributed by atoms with van der Waals surface area (Å²) in [5.41, 5.74) is 1.38. The van der Waals surface area contributed by atoms with Gasteiger partial charge in [0.25, 0.3) is 0 Å². The van der Waals surface area contributed by atoms with E-state index in [1.165, 1.54) is 12.0 Å². The van der Waals surface area contributed by atoms with Gasteiger partial charge in [-0.25, -0.2) is 0 Å². The molecule has 0 bridgehead atoms.